The minimum Gasteiger partial charge on any atom is -0.468 e. The van der Waals surface area contributed by atoms with Crippen molar-refractivity contribution in [3.63, 3.8) is 0 Å². The normalized spacial score (nSPS) is 11.2. The zero-order valence-corrected chi connectivity index (χ0v) is 11.2. The topological polar surface area (TPSA) is 42.5 Å². The highest BCUT2D eigenvalue weighted by Crippen LogP contribution is 2.18. The number of nitrogens with one attached hydrogen (secondary N) is 1. The second-order valence-electron chi connectivity index (χ2n) is 3.96. The predicted molar refractivity (Wildman–Crippen MR) is 72.1 cm³/mol. The van der Waals surface area contributed by atoms with Crippen LogP contribution in [0.4, 0.5) is 0 Å². The molecule has 0 aliphatic carbocycles. The number of furan rings is 1. The second-order valence-corrected chi connectivity index (χ2v) is 4.71. The summed E-state index contributed by atoms with van der Waals surface area (Å²) in [6.45, 7) is 1.39. The lowest BCUT2D eigenvalue weighted by Crippen LogP contribution is -2.14. The number of imidazole rings is 1. The van der Waals surface area contributed by atoms with Gasteiger partial charge in [-0.25, -0.2) is 4.98 Å². The summed E-state index contributed by atoms with van der Waals surface area (Å²) in [5.74, 6) is 1.90. The van der Waals surface area contributed by atoms with Crippen LogP contribution in [-0.2, 0) is 13.1 Å². The van der Waals surface area contributed by atoms with Crippen molar-refractivity contribution in [2.45, 2.75) is 13.1 Å². The zero-order chi connectivity index (χ0) is 12.4. The van der Waals surface area contributed by atoms with Crippen molar-refractivity contribution < 1.29 is 4.42 Å². The third-order valence-electron chi connectivity index (χ3n) is 2.74. The standard InChI is InChI=1S/C13H12BrN3O/c14-13-11-5-1-2-6-17(11)12(16-13)9-15-8-10-4-3-7-18-10/h1-7,15H,8-9H2. The van der Waals surface area contributed by atoms with E-state index < -0.39 is 0 Å². The van der Waals surface area contributed by atoms with Gasteiger partial charge >= 0.3 is 0 Å². The maximum Gasteiger partial charge on any atom is 0.132 e. The van der Waals surface area contributed by atoms with Crippen molar-refractivity contribution >= 4 is 21.4 Å². The summed E-state index contributed by atoms with van der Waals surface area (Å²) in [6.07, 6.45) is 3.69. The predicted octanol–water partition coefficient (Wildman–Crippen LogP) is 2.98. The van der Waals surface area contributed by atoms with Crippen LogP contribution in [0, 0.1) is 0 Å². The van der Waals surface area contributed by atoms with Gasteiger partial charge in [0.1, 0.15) is 16.2 Å². The van der Waals surface area contributed by atoms with E-state index in [1.807, 2.05) is 36.5 Å². The highest BCUT2D eigenvalue weighted by Gasteiger charge is 2.07. The summed E-state index contributed by atoms with van der Waals surface area (Å²) < 4.78 is 8.21. The van der Waals surface area contributed by atoms with Crippen LogP contribution in [0.15, 0.2) is 51.8 Å². The molecule has 0 spiro atoms. The van der Waals surface area contributed by atoms with Crippen LogP contribution in [0.2, 0.25) is 0 Å². The first-order valence-corrected chi connectivity index (χ1v) is 6.48. The molecule has 0 aliphatic heterocycles. The van der Waals surface area contributed by atoms with E-state index in [2.05, 4.69) is 30.6 Å². The Labute approximate surface area is 113 Å². The van der Waals surface area contributed by atoms with Gasteiger partial charge in [-0.2, -0.15) is 0 Å². The summed E-state index contributed by atoms with van der Waals surface area (Å²) in [4.78, 5) is 4.50. The van der Waals surface area contributed by atoms with E-state index in [1.54, 1.807) is 6.26 Å². The Hall–Kier alpha value is -1.59. The molecule has 0 atom stereocenters. The smallest absolute Gasteiger partial charge is 0.132 e. The van der Waals surface area contributed by atoms with Gasteiger partial charge in [-0.3, -0.25) is 0 Å². The molecule has 3 rings (SSSR count). The van der Waals surface area contributed by atoms with Gasteiger partial charge in [-0.1, -0.05) is 6.07 Å². The molecule has 92 valence electrons. The average Bonchev–Trinajstić information content (AvgIpc) is 3.00. The molecule has 3 aromatic heterocycles. The summed E-state index contributed by atoms with van der Waals surface area (Å²) >= 11 is 3.47. The van der Waals surface area contributed by atoms with Gasteiger partial charge in [0, 0.05) is 6.20 Å². The largest absolute Gasteiger partial charge is 0.468 e. The molecule has 4 nitrogen and oxygen atoms in total. The fourth-order valence-corrected chi connectivity index (χ4v) is 2.42. The number of hydrogen-bond acceptors (Lipinski definition) is 3. The first-order chi connectivity index (χ1) is 8.84. The molecule has 1 N–H and O–H groups in total. The summed E-state index contributed by atoms with van der Waals surface area (Å²) in [5, 5.41) is 3.31. The molecule has 0 bridgehead atoms. The Balaban J connectivity index is 1.75. The number of halogens is 1. The molecule has 0 aliphatic rings. The van der Waals surface area contributed by atoms with Gasteiger partial charge in [-0.15, -0.1) is 0 Å². The summed E-state index contributed by atoms with van der Waals surface area (Å²) in [6, 6.07) is 9.87. The molecule has 0 fully saturated rings. The van der Waals surface area contributed by atoms with Crippen LogP contribution in [-0.4, -0.2) is 9.38 Å². The van der Waals surface area contributed by atoms with Crippen molar-refractivity contribution in [3.8, 4) is 0 Å². The Morgan fingerprint density at radius 3 is 3.00 bits per heavy atom. The number of hydrogen-bond donors (Lipinski definition) is 1. The highest BCUT2D eigenvalue weighted by atomic mass is 79.9. The van der Waals surface area contributed by atoms with Gasteiger partial charge in [0.15, 0.2) is 0 Å². The molecule has 18 heavy (non-hydrogen) atoms. The molecular formula is C13H12BrN3O. The van der Waals surface area contributed by atoms with Crippen molar-refractivity contribution in [1.82, 2.24) is 14.7 Å². The SMILES string of the molecule is Brc1nc(CNCc2ccco2)n2ccccc12. The molecule has 0 aromatic carbocycles. The average molecular weight is 306 g/mol. The van der Waals surface area contributed by atoms with Crippen molar-refractivity contribution in [3.05, 3.63) is 59.0 Å². The molecular weight excluding hydrogens is 294 g/mol. The van der Waals surface area contributed by atoms with Gasteiger partial charge < -0.3 is 14.1 Å². The minimum atomic E-state index is 0.692. The number of pyridine rings is 1. The third kappa shape index (κ3) is 2.19. The Kier molecular flexibility index (Phi) is 3.17. The zero-order valence-electron chi connectivity index (χ0n) is 9.64. The molecule has 5 heteroatoms. The Morgan fingerprint density at radius 2 is 2.17 bits per heavy atom. The molecule has 3 heterocycles. The van der Waals surface area contributed by atoms with E-state index >= 15 is 0 Å². The fraction of sp³-hybridized carbons (Fsp3) is 0.154. The molecule has 0 amide bonds. The first-order valence-electron chi connectivity index (χ1n) is 5.69. The van der Waals surface area contributed by atoms with Gasteiger partial charge in [0.2, 0.25) is 0 Å². The molecule has 0 unspecified atom stereocenters. The summed E-state index contributed by atoms with van der Waals surface area (Å²) in [7, 11) is 0. The van der Waals surface area contributed by atoms with Crippen LogP contribution in [0.1, 0.15) is 11.6 Å². The van der Waals surface area contributed by atoms with Crippen molar-refractivity contribution in [2.75, 3.05) is 0 Å². The van der Waals surface area contributed by atoms with Gasteiger partial charge in [0.05, 0.1) is 24.9 Å². The number of rotatable bonds is 4. The lowest BCUT2D eigenvalue weighted by atomic mass is 10.4. The van der Waals surface area contributed by atoms with E-state index in [0.29, 0.717) is 13.1 Å². The monoisotopic (exact) mass is 305 g/mol. The van der Waals surface area contributed by atoms with Gasteiger partial charge in [-0.05, 0) is 40.2 Å². The Morgan fingerprint density at radius 1 is 1.22 bits per heavy atom. The lowest BCUT2D eigenvalue weighted by Gasteiger charge is -2.02. The highest BCUT2D eigenvalue weighted by molar-refractivity contribution is 9.10. The van der Waals surface area contributed by atoms with Crippen LogP contribution in [0.25, 0.3) is 5.52 Å². The van der Waals surface area contributed by atoms with E-state index in [1.165, 1.54) is 0 Å². The number of aromatic nitrogens is 2. The van der Waals surface area contributed by atoms with E-state index in [4.69, 9.17) is 4.42 Å². The van der Waals surface area contributed by atoms with Crippen LogP contribution in [0.3, 0.4) is 0 Å². The third-order valence-corrected chi connectivity index (χ3v) is 3.32. The Bertz CT molecular complexity index is 645. The first kappa shape index (κ1) is 11.5. The molecule has 3 aromatic rings. The van der Waals surface area contributed by atoms with Crippen LogP contribution < -0.4 is 5.32 Å². The van der Waals surface area contributed by atoms with Crippen molar-refractivity contribution in [2.24, 2.45) is 0 Å². The van der Waals surface area contributed by atoms with Crippen LogP contribution >= 0.6 is 15.9 Å². The fourth-order valence-electron chi connectivity index (χ4n) is 1.90. The van der Waals surface area contributed by atoms with E-state index in [0.717, 1.165) is 21.7 Å². The van der Waals surface area contributed by atoms with Crippen molar-refractivity contribution in [1.29, 1.82) is 0 Å². The van der Waals surface area contributed by atoms with E-state index in [9.17, 15) is 0 Å². The summed E-state index contributed by atoms with van der Waals surface area (Å²) in [5.41, 5.74) is 1.08. The second kappa shape index (κ2) is 4.96. The molecule has 0 radical (unpaired) electrons. The molecule has 0 saturated carbocycles. The van der Waals surface area contributed by atoms with Crippen LogP contribution in [0.5, 0.6) is 0 Å². The number of nitrogens with zero attached hydrogens (tertiary/aromatic N) is 2. The minimum absolute atomic E-state index is 0.692. The quantitative estimate of drug-likeness (QED) is 0.806. The van der Waals surface area contributed by atoms with E-state index in [-0.39, 0.29) is 0 Å². The maximum atomic E-state index is 5.27. The maximum absolute atomic E-state index is 5.27. The lowest BCUT2D eigenvalue weighted by molar-refractivity contribution is 0.480. The van der Waals surface area contributed by atoms with Gasteiger partial charge in [0.25, 0.3) is 0 Å². The molecule has 0 saturated heterocycles. The number of fused-ring (bicyclic) bond motifs is 1.